The average molecular weight is 261 g/mol. The molecule has 2 aliphatic rings. The summed E-state index contributed by atoms with van der Waals surface area (Å²) < 4.78 is 11.1. The van der Waals surface area contributed by atoms with E-state index in [2.05, 4.69) is 25.1 Å². The Bertz CT molecular complexity index is 462. The fourth-order valence-electron chi connectivity index (χ4n) is 3.41. The number of methoxy groups -OCH3 is 1. The van der Waals surface area contributed by atoms with Crippen LogP contribution in [0.4, 0.5) is 0 Å². The molecule has 3 heteroatoms. The Hall–Kier alpha value is -1.06. The second kappa shape index (κ2) is 4.80. The van der Waals surface area contributed by atoms with Gasteiger partial charge in [-0.2, -0.15) is 0 Å². The summed E-state index contributed by atoms with van der Waals surface area (Å²) in [4.78, 5) is 0. The molecule has 0 unspecified atom stereocenters. The SMILES string of the molecule is CCc1ccc(OC)c(C2(C3CC(N)C3)COC2)c1. The molecule has 1 aliphatic heterocycles. The zero-order chi connectivity index (χ0) is 13.5. The Morgan fingerprint density at radius 3 is 2.58 bits per heavy atom. The zero-order valence-electron chi connectivity index (χ0n) is 11.8. The van der Waals surface area contributed by atoms with Gasteiger partial charge in [0.05, 0.1) is 20.3 Å². The summed E-state index contributed by atoms with van der Waals surface area (Å²) in [6, 6.07) is 6.95. The van der Waals surface area contributed by atoms with Crippen molar-refractivity contribution in [3.63, 3.8) is 0 Å². The van der Waals surface area contributed by atoms with Crippen molar-refractivity contribution >= 4 is 0 Å². The van der Waals surface area contributed by atoms with Crippen LogP contribution in [0.25, 0.3) is 0 Å². The van der Waals surface area contributed by atoms with Crippen molar-refractivity contribution in [2.45, 2.75) is 37.6 Å². The van der Waals surface area contributed by atoms with Gasteiger partial charge in [-0.05, 0) is 36.8 Å². The van der Waals surface area contributed by atoms with Gasteiger partial charge in [0.15, 0.2) is 0 Å². The van der Waals surface area contributed by atoms with Crippen LogP contribution in [0.15, 0.2) is 18.2 Å². The quantitative estimate of drug-likeness (QED) is 0.904. The molecule has 0 amide bonds. The predicted molar refractivity (Wildman–Crippen MR) is 75.6 cm³/mol. The van der Waals surface area contributed by atoms with Crippen LogP contribution in [-0.4, -0.2) is 26.4 Å². The highest BCUT2D eigenvalue weighted by atomic mass is 16.5. The molecular weight excluding hydrogens is 238 g/mol. The average Bonchev–Trinajstić information content (AvgIpc) is 2.35. The number of benzene rings is 1. The van der Waals surface area contributed by atoms with Gasteiger partial charge in [0.25, 0.3) is 0 Å². The second-order valence-corrected chi connectivity index (χ2v) is 5.97. The highest BCUT2D eigenvalue weighted by Crippen LogP contribution is 2.50. The molecule has 2 fully saturated rings. The summed E-state index contributed by atoms with van der Waals surface area (Å²) in [5, 5.41) is 0. The van der Waals surface area contributed by atoms with Crippen molar-refractivity contribution in [1.29, 1.82) is 0 Å². The number of rotatable bonds is 4. The van der Waals surface area contributed by atoms with E-state index < -0.39 is 0 Å². The van der Waals surface area contributed by atoms with E-state index in [1.165, 1.54) is 11.1 Å². The van der Waals surface area contributed by atoms with Gasteiger partial charge in [0.1, 0.15) is 5.75 Å². The first-order chi connectivity index (χ1) is 9.19. The minimum atomic E-state index is 0.145. The molecule has 2 N–H and O–H groups in total. The topological polar surface area (TPSA) is 44.5 Å². The normalized spacial score (nSPS) is 28.4. The smallest absolute Gasteiger partial charge is 0.122 e. The maximum absolute atomic E-state index is 5.98. The van der Waals surface area contributed by atoms with Crippen molar-refractivity contribution in [3.8, 4) is 5.75 Å². The summed E-state index contributed by atoms with van der Waals surface area (Å²) in [6.45, 7) is 3.82. The van der Waals surface area contributed by atoms with Crippen LogP contribution in [0.5, 0.6) is 5.75 Å². The molecular formula is C16H23NO2. The summed E-state index contributed by atoms with van der Waals surface area (Å²) in [5.41, 5.74) is 8.82. The van der Waals surface area contributed by atoms with E-state index >= 15 is 0 Å². The molecule has 1 aromatic rings. The first kappa shape index (κ1) is 12.9. The maximum atomic E-state index is 5.98. The molecule has 1 aliphatic carbocycles. The van der Waals surface area contributed by atoms with Gasteiger partial charge >= 0.3 is 0 Å². The largest absolute Gasteiger partial charge is 0.496 e. The fourth-order valence-corrected chi connectivity index (χ4v) is 3.41. The van der Waals surface area contributed by atoms with Crippen LogP contribution in [-0.2, 0) is 16.6 Å². The monoisotopic (exact) mass is 261 g/mol. The fraction of sp³-hybridized carbons (Fsp3) is 0.625. The first-order valence-corrected chi connectivity index (χ1v) is 7.20. The molecule has 1 heterocycles. The molecule has 0 spiro atoms. The van der Waals surface area contributed by atoms with Crippen LogP contribution >= 0.6 is 0 Å². The lowest BCUT2D eigenvalue weighted by atomic mass is 9.59. The van der Waals surface area contributed by atoms with E-state index in [1.807, 2.05) is 0 Å². The molecule has 0 radical (unpaired) electrons. The molecule has 3 rings (SSSR count). The number of hydrogen-bond donors (Lipinski definition) is 1. The lowest BCUT2D eigenvalue weighted by Gasteiger charge is -2.53. The summed E-state index contributed by atoms with van der Waals surface area (Å²) >= 11 is 0. The predicted octanol–water partition coefficient (Wildman–Crippen LogP) is 2.26. The van der Waals surface area contributed by atoms with Crippen molar-refractivity contribution in [2.24, 2.45) is 11.7 Å². The van der Waals surface area contributed by atoms with E-state index in [0.29, 0.717) is 12.0 Å². The molecule has 1 saturated carbocycles. The van der Waals surface area contributed by atoms with Gasteiger partial charge in [-0.1, -0.05) is 19.1 Å². The van der Waals surface area contributed by atoms with Crippen molar-refractivity contribution in [1.82, 2.24) is 0 Å². The molecule has 1 saturated heterocycles. The van der Waals surface area contributed by atoms with Gasteiger partial charge in [-0.15, -0.1) is 0 Å². The second-order valence-electron chi connectivity index (χ2n) is 5.97. The molecule has 1 aromatic carbocycles. The third-order valence-corrected chi connectivity index (χ3v) is 4.88. The minimum absolute atomic E-state index is 0.145. The molecule has 0 bridgehead atoms. The summed E-state index contributed by atoms with van der Waals surface area (Å²) in [6.07, 6.45) is 3.28. The maximum Gasteiger partial charge on any atom is 0.122 e. The molecule has 19 heavy (non-hydrogen) atoms. The van der Waals surface area contributed by atoms with Crippen LogP contribution in [0, 0.1) is 5.92 Å². The van der Waals surface area contributed by atoms with E-state index in [1.54, 1.807) is 7.11 Å². The zero-order valence-corrected chi connectivity index (χ0v) is 11.8. The van der Waals surface area contributed by atoms with E-state index in [4.69, 9.17) is 15.2 Å². The Morgan fingerprint density at radius 1 is 1.37 bits per heavy atom. The van der Waals surface area contributed by atoms with Crippen LogP contribution in [0.2, 0.25) is 0 Å². The van der Waals surface area contributed by atoms with Crippen LogP contribution in [0.1, 0.15) is 30.9 Å². The van der Waals surface area contributed by atoms with Gasteiger partial charge in [-0.3, -0.25) is 0 Å². The van der Waals surface area contributed by atoms with Crippen LogP contribution < -0.4 is 10.5 Å². The van der Waals surface area contributed by atoms with E-state index in [9.17, 15) is 0 Å². The van der Waals surface area contributed by atoms with Gasteiger partial charge in [0.2, 0.25) is 0 Å². The van der Waals surface area contributed by atoms with Gasteiger partial charge < -0.3 is 15.2 Å². The van der Waals surface area contributed by atoms with Crippen LogP contribution in [0.3, 0.4) is 0 Å². The third-order valence-electron chi connectivity index (χ3n) is 4.88. The lowest BCUT2D eigenvalue weighted by Crippen LogP contribution is -2.58. The first-order valence-electron chi connectivity index (χ1n) is 7.20. The molecule has 0 atom stereocenters. The Balaban J connectivity index is 1.98. The number of aryl methyl sites for hydroxylation is 1. The lowest BCUT2D eigenvalue weighted by molar-refractivity contribution is -0.111. The van der Waals surface area contributed by atoms with Gasteiger partial charge in [0, 0.05) is 17.0 Å². The molecule has 3 nitrogen and oxygen atoms in total. The highest BCUT2D eigenvalue weighted by molar-refractivity contribution is 5.45. The Labute approximate surface area is 115 Å². The van der Waals surface area contributed by atoms with Crippen molar-refractivity contribution in [2.75, 3.05) is 20.3 Å². The number of hydrogen-bond acceptors (Lipinski definition) is 3. The number of nitrogens with two attached hydrogens (primary N) is 1. The minimum Gasteiger partial charge on any atom is -0.496 e. The van der Waals surface area contributed by atoms with Gasteiger partial charge in [-0.25, -0.2) is 0 Å². The molecule has 104 valence electrons. The molecule has 0 aromatic heterocycles. The van der Waals surface area contributed by atoms with Crippen molar-refractivity contribution < 1.29 is 9.47 Å². The Kier molecular flexibility index (Phi) is 3.27. The standard InChI is InChI=1S/C16H23NO2/c1-3-11-4-5-15(18-2)14(6-11)16(9-19-10-16)12-7-13(17)8-12/h4-6,12-13H,3,7-10,17H2,1-2H3. The van der Waals surface area contributed by atoms with E-state index in [-0.39, 0.29) is 5.41 Å². The summed E-state index contributed by atoms with van der Waals surface area (Å²) in [5.74, 6) is 1.65. The highest BCUT2D eigenvalue weighted by Gasteiger charge is 2.52. The van der Waals surface area contributed by atoms with E-state index in [0.717, 1.165) is 38.2 Å². The Morgan fingerprint density at radius 2 is 2.11 bits per heavy atom. The van der Waals surface area contributed by atoms with Crippen molar-refractivity contribution in [3.05, 3.63) is 29.3 Å². The number of ether oxygens (including phenoxy) is 2. The third kappa shape index (κ3) is 1.96. The summed E-state index contributed by atoms with van der Waals surface area (Å²) in [7, 11) is 1.75.